The van der Waals surface area contributed by atoms with E-state index in [9.17, 15) is 27.6 Å². The number of rotatable bonds is 6. The van der Waals surface area contributed by atoms with E-state index in [0.717, 1.165) is 12.1 Å². The van der Waals surface area contributed by atoms with Gasteiger partial charge in [-0.25, -0.2) is 0 Å². The molecule has 0 aliphatic carbocycles. The Morgan fingerprint density at radius 2 is 2.00 bits per heavy atom. The number of hydrogen-bond acceptors (Lipinski definition) is 3. The highest BCUT2D eigenvalue weighted by Gasteiger charge is 2.32. The van der Waals surface area contributed by atoms with E-state index in [1.807, 2.05) is 0 Å². The van der Waals surface area contributed by atoms with Crippen LogP contribution in [0.3, 0.4) is 0 Å². The number of halogens is 3. The zero-order valence-corrected chi connectivity index (χ0v) is 13.9. The largest absolute Gasteiger partial charge is 0.481 e. The summed E-state index contributed by atoms with van der Waals surface area (Å²) in [6.45, 7) is 0.404. The Morgan fingerprint density at radius 3 is 2.65 bits per heavy atom. The summed E-state index contributed by atoms with van der Waals surface area (Å²) in [4.78, 5) is 36.1. The van der Waals surface area contributed by atoms with Crippen LogP contribution in [0.1, 0.15) is 36.8 Å². The first-order valence-electron chi connectivity index (χ1n) is 8.13. The average Bonchev–Trinajstić information content (AvgIpc) is 2.56. The zero-order valence-electron chi connectivity index (χ0n) is 13.9. The Balaban J connectivity index is 1.99. The van der Waals surface area contributed by atoms with Crippen LogP contribution in [-0.2, 0) is 27.1 Å². The summed E-state index contributed by atoms with van der Waals surface area (Å²) in [5.74, 6) is -2.02. The van der Waals surface area contributed by atoms with E-state index in [4.69, 9.17) is 5.11 Å². The first kappa shape index (κ1) is 19.7. The number of carboxylic acids is 1. The summed E-state index contributed by atoms with van der Waals surface area (Å²) in [5.41, 5.74) is -0.427. The number of nitrogens with zero attached hydrogens (tertiary/aromatic N) is 1. The molecule has 6 nitrogen and oxygen atoms in total. The lowest BCUT2D eigenvalue weighted by Gasteiger charge is -2.32. The van der Waals surface area contributed by atoms with Crippen molar-refractivity contribution < 1.29 is 32.7 Å². The van der Waals surface area contributed by atoms with E-state index in [0.29, 0.717) is 24.9 Å². The van der Waals surface area contributed by atoms with Crippen LogP contribution in [0.2, 0.25) is 0 Å². The minimum Gasteiger partial charge on any atom is -0.481 e. The molecule has 9 heteroatoms. The van der Waals surface area contributed by atoms with Gasteiger partial charge >= 0.3 is 12.1 Å². The van der Waals surface area contributed by atoms with Crippen LogP contribution in [0.15, 0.2) is 24.3 Å². The number of alkyl halides is 3. The molecule has 1 saturated heterocycles. The summed E-state index contributed by atoms with van der Waals surface area (Å²) < 4.78 is 38.4. The number of benzene rings is 1. The number of likely N-dealkylation sites (tertiary alicyclic amines) is 1. The monoisotopic (exact) mass is 372 g/mol. The third-order valence-corrected chi connectivity index (χ3v) is 4.06. The zero-order chi connectivity index (χ0) is 19.3. The molecular weight excluding hydrogens is 353 g/mol. The highest BCUT2D eigenvalue weighted by molar-refractivity contribution is 5.89. The maximum Gasteiger partial charge on any atom is 0.416 e. The van der Waals surface area contributed by atoms with E-state index in [-0.39, 0.29) is 25.3 Å². The van der Waals surface area contributed by atoms with Crippen LogP contribution in [0.4, 0.5) is 13.2 Å². The molecule has 2 rings (SSSR count). The number of piperidine rings is 1. The van der Waals surface area contributed by atoms with Crippen LogP contribution in [-0.4, -0.2) is 40.4 Å². The quantitative estimate of drug-likeness (QED) is 0.801. The molecule has 2 N–H and O–H groups in total. The number of amides is 2. The number of aliphatic carboxylic acids is 1. The topological polar surface area (TPSA) is 86.7 Å². The summed E-state index contributed by atoms with van der Waals surface area (Å²) in [6, 6.07) is 3.99. The lowest BCUT2D eigenvalue weighted by Crippen LogP contribution is -2.51. The van der Waals surface area contributed by atoms with Crippen molar-refractivity contribution in [2.45, 2.75) is 44.4 Å². The molecule has 0 bridgehead atoms. The Bertz CT molecular complexity index is 691. The molecule has 0 aromatic heterocycles. The van der Waals surface area contributed by atoms with E-state index < -0.39 is 29.7 Å². The SMILES string of the molecule is O=C(O)CCC(=O)NC1CCCN(Cc2cccc(C(F)(F)F)c2)C1=O. The Labute approximate surface area is 148 Å². The lowest BCUT2D eigenvalue weighted by molar-refractivity contribution is -0.140. The van der Waals surface area contributed by atoms with Crippen molar-refractivity contribution in [2.75, 3.05) is 6.54 Å². The Morgan fingerprint density at radius 1 is 1.27 bits per heavy atom. The third-order valence-electron chi connectivity index (χ3n) is 4.06. The van der Waals surface area contributed by atoms with Gasteiger partial charge in [0.2, 0.25) is 11.8 Å². The van der Waals surface area contributed by atoms with Crippen molar-refractivity contribution in [1.82, 2.24) is 10.2 Å². The maximum atomic E-state index is 12.8. The van der Waals surface area contributed by atoms with E-state index >= 15 is 0 Å². The Hall–Kier alpha value is -2.58. The molecule has 1 aliphatic rings. The van der Waals surface area contributed by atoms with Gasteiger partial charge in [0.05, 0.1) is 12.0 Å². The fourth-order valence-electron chi connectivity index (χ4n) is 2.78. The van der Waals surface area contributed by atoms with Crippen LogP contribution >= 0.6 is 0 Å². The summed E-state index contributed by atoms with van der Waals surface area (Å²) in [7, 11) is 0. The van der Waals surface area contributed by atoms with Gasteiger partial charge in [-0.1, -0.05) is 12.1 Å². The predicted octanol–water partition coefficient (Wildman–Crippen LogP) is 2.18. The molecule has 1 unspecified atom stereocenters. The normalized spacial score (nSPS) is 17.9. The second-order valence-corrected chi connectivity index (χ2v) is 6.11. The van der Waals surface area contributed by atoms with Crippen molar-refractivity contribution in [1.29, 1.82) is 0 Å². The molecule has 1 aromatic rings. The van der Waals surface area contributed by atoms with Gasteiger partial charge in [0.15, 0.2) is 0 Å². The first-order chi connectivity index (χ1) is 12.2. The number of carbonyl (C=O) groups is 3. The van der Waals surface area contributed by atoms with Gasteiger partial charge in [0.1, 0.15) is 6.04 Å². The fourth-order valence-corrected chi connectivity index (χ4v) is 2.78. The number of nitrogens with one attached hydrogen (secondary N) is 1. The standard InChI is InChI=1S/C17H19F3N2O4/c18-17(19,20)12-4-1-3-11(9-12)10-22-8-2-5-13(16(22)26)21-14(23)6-7-15(24)25/h1,3-4,9,13H,2,5-8,10H2,(H,21,23)(H,24,25). The summed E-state index contributed by atoms with van der Waals surface area (Å²) >= 11 is 0. The molecule has 1 fully saturated rings. The predicted molar refractivity (Wildman–Crippen MR) is 84.9 cm³/mol. The average molecular weight is 372 g/mol. The van der Waals surface area contributed by atoms with Crippen molar-refractivity contribution >= 4 is 17.8 Å². The molecule has 0 saturated carbocycles. The second kappa shape index (κ2) is 8.20. The highest BCUT2D eigenvalue weighted by Crippen LogP contribution is 2.30. The van der Waals surface area contributed by atoms with Crippen LogP contribution in [0.25, 0.3) is 0 Å². The Kier molecular flexibility index (Phi) is 6.23. The van der Waals surface area contributed by atoms with E-state index in [1.54, 1.807) is 0 Å². The highest BCUT2D eigenvalue weighted by atomic mass is 19.4. The minimum absolute atomic E-state index is 0.0181. The van der Waals surface area contributed by atoms with Gasteiger partial charge in [0.25, 0.3) is 0 Å². The van der Waals surface area contributed by atoms with E-state index in [2.05, 4.69) is 5.32 Å². The lowest BCUT2D eigenvalue weighted by atomic mass is 10.0. The molecule has 142 valence electrons. The first-order valence-corrected chi connectivity index (χ1v) is 8.13. The molecule has 0 spiro atoms. The number of hydrogen-bond donors (Lipinski definition) is 2. The minimum atomic E-state index is -4.46. The smallest absolute Gasteiger partial charge is 0.416 e. The molecule has 1 aromatic carbocycles. The van der Waals surface area contributed by atoms with Crippen molar-refractivity contribution in [3.8, 4) is 0 Å². The van der Waals surface area contributed by atoms with Gasteiger partial charge in [-0.15, -0.1) is 0 Å². The van der Waals surface area contributed by atoms with Gasteiger partial charge in [-0.3, -0.25) is 14.4 Å². The summed E-state index contributed by atoms with van der Waals surface area (Å²) in [6.07, 6.45) is -4.01. The van der Waals surface area contributed by atoms with Crippen LogP contribution in [0.5, 0.6) is 0 Å². The molecule has 0 radical (unpaired) electrons. The number of carbonyl (C=O) groups excluding carboxylic acids is 2. The van der Waals surface area contributed by atoms with E-state index in [1.165, 1.54) is 17.0 Å². The van der Waals surface area contributed by atoms with Crippen LogP contribution < -0.4 is 5.32 Å². The maximum absolute atomic E-state index is 12.8. The molecule has 26 heavy (non-hydrogen) atoms. The number of carboxylic acid groups (broad SMARTS) is 1. The van der Waals surface area contributed by atoms with Crippen molar-refractivity contribution in [3.63, 3.8) is 0 Å². The third kappa shape index (κ3) is 5.47. The second-order valence-electron chi connectivity index (χ2n) is 6.11. The van der Waals surface area contributed by atoms with Gasteiger partial charge in [-0.05, 0) is 30.5 Å². The summed E-state index contributed by atoms with van der Waals surface area (Å²) in [5, 5.41) is 11.1. The molecule has 1 aliphatic heterocycles. The van der Waals surface area contributed by atoms with Gasteiger partial charge in [-0.2, -0.15) is 13.2 Å². The van der Waals surface area contributed by atoms with Gasteiger partial charge < -0.3 is 15.3 Å². The van der Waals surface area contributed by atoms with Crippen molar-refractivity contribution in [3.05, 3.63) is 35.4 Å². The molecule has 2 amide bonds. The van der Waals surface area contributed by atoms with Gasteiger partial charge in [0, 0.05) is 19.5 Å². The molecular formula is C17H19F3N2O4. The van der Waals surface area contributed by atoms with Crippen LogP contribution in [0, 0.1) is 0 Å². The van der Waals surface area contributed by atoms with Crippen molar-refractivity contribution in [2.24, 2.45) is 0 Å². The molecule has 1 atom stereocenters. The fraction of sp³-hybridized carbons (Fsp3) is 0.471. The molecule has 1 heterocycles.